The van der Waals surface area contributed by atoms with Gasteiger partial charge in [0.2, 0.25) is 0 Å². The monoisotopic (exact) mass is 204 g/mol. The fourth-order valence-corrected chi connectivity index (χ4v) is 2.09. The Hall–Kier alpha value is 0.309. The maximum atomic E-state index is 11.5. The van der Waals surface area contributed by atoms with Gasteiger partial charge in [-0.2, -0.15) is 0 Å². The van der Waals surface area contributed by atoms with Crippen LogP contribution in [0.3, 0.4) is 0 Å². The molecule has 9 heavy (non-hydrogen) atoms. The number of halogens is 3. The Labute approximate surface area is 58.0 Å². The average molecular weight is 203 g/mol. The predicted octanol–water partition coefficient (Wildman–Crippen LogP) is 2.04. The van der Waals surface area contributed by atoms with Gasteiger partial charge in [-0.1, -0.05) is 0 Å². The van der Waals surface area contributed by atoms with Gasteiger partial charge >= 0.3 is 57.3 Å². The Balaban J connectivity index is 2.03. The Morgan fingerprint density at radius 3 is 2.22 bits per heavy atom. The first-order valence-corrected chi connectivity index (χ1v) is 4.85. The summed E-state index contributed by atoms with van der Waals surface area (Å²) in [5, 5.41) is -3.45. The summed E-state index contributed by atoms with van der Waals surface area (Å²) in [4.78, 5) is 0. The summed E-state index contributed by atoms with van der Waals surface area (Å²) >= 11 is -1.10. The van der Waals surface area contributed by atoms with Gasteiger partial charge < -0.3 is 0 Å². The molecule has 0 aromatic rings. The van der Waals surface area contributed by atoms with Crippen molar-refractivity contribution in [3.8, 4) is 0 Å². The van der Waals surface area contributed by atoms with E-state index in [4.69, 9.17) is 0 Å². The molecule has 0 bridgehead atoms. The molecule has 0 nitrogen and oxygen atoms in total. The van der Waals surface area contributed by atoms with Crippen LogP contribution in [-0.2, 0) is 0 Å². The van der Waals surface area contributed by atoms with Crippen LogP contribution < -0.4 is 0 Å². The Bertz CT molecular complexity index is 94.9. The van der Waals surface area contributed by atoms with E-state index in [2.05, 4.69) is 0 Å². The van der Waals surface area contributed by atoms with Gasteiger partial charge in [-0.15, -0.1) is 0 Å². The molecular formula is C5H7F3Se. The molecule has 0 spiro atoms. The van der Waals surface area contributed by atoms with Crippen LogP contribution in [0.1, 0.15) is 12.8 Å². The zero-order valence-corrected chi connectivity index (χ0v) is 6.45. The molecule has 1 saturated carbocycles. The van der Waals surface area contributed by atoms with E-state index in [0.29, 0.717) is 11.2 Å². The van der Waals surface area contributed by atoms with Gasteiger partial charge in [0.25, 0.3) is 0 Å². The fourth-order valence-electron chi connectivity index (χ4n) is 0.497. The minimum atomic E-state index is -3.87. The second-order valence-corrected chi connectivity index (χ2v) is 4.48. The minimum absolute atomic E-state index is 0.413. The first-order valence-electron chi connectivity index (χ1n) is 2.78. The molecule has 0 radical (unpaired) electrons. The van der Waals surface area contributed by atoms with Gasteiger partial charge in [-0.3, -0.25) is 0 Å². The summed E-state index contributed by atoms with van der Waals surface area (Å²) in [6, 6.07) is 0. The van der Waals surface area contributed by atoms with Crippen LogP contribution in [0.15, 0.2) is 0 Å². The molecule has 0 aromatic heterocycles. The number of alkyl halides is 3. The third-order valence-electron chi connectivity index (χ3n) is 1.18. The van der Waals surface area contributed by atoms with Crippen molar-refractivity contribution in [1.29, 1.82) is 0 Å². The summed E-state index contributed by atoms with van der Waals surface area (Å²) in [6.45, 7) is 0. The van der Waals surface area contributed by atoms with E-state index in [-0.39, 0.29) is 0 Å². The Kier molecular flexibility index (Phi) is 2.07. The van der Waals surface area contributed by atoms with Crippen molar-refractivity contribution < 1.29 is 13.2 Å². The van der Waals surface area contributed by atoms with Gasteiger partial charge in [0, 0.05) is 0 Å². The van der Waals surface area contributed by atoms with E-state index in [1.165, 1.54) is 0 Å². The molecule has 0 amide bonds. The SMILES string of the molecule is FC(F)(F)[Se]CC1CC1. The number of rotatable bonds is 2. The number of hydrogen-bond donors (Lipinski definition) is 0. The van der Waals surface area contributed by atoms with E-state index in [1.54, 1.807) is 0 Å². The molecule has 0 aromatic carbocycles. The Morgan fingerprint density at radius 2 is 1.89 bits per heavy atom. The van der Waals surface area contributed by atoms with Gasteiger partial charge in [0.1, 0.15) is 0 Å². The third-order valence-corrected chi connectivity index (χ3v) is 3.21. The first kappa shape index (κ1) is 7.42. The first-order chi connectivity index (χ1) is 4.08. The van der Waals surface area contributed by atoms with Gasteiger partial charge in [-0.25, -0.2) is 0 Å². The summed E-state index contributed by atoms with van der Waals surface area (Å²) in [5.74, 6) is 0.423. The molecule has 0 unspecified atom stereocenters. The molecule has 1 rings (SSSR count). The molecule has 0 N–H and O–H groups in total. The molecule has 1 aliphatic carbocycles. The molecular weight excluding hydrogens is 196 g/mol. The molecule has 4 heteroatoms. The normalized spacial score (nSPS) is 20.3. The summed E-state index contributed by atoms with van der Waals surface area (Å²) in [6.07, 6.45) is 2.05. The second-order valence-electron chi connectivity index (χ2n) is 2.20. The molecule has 0 heterocycles. The van der Waals surface area contributed by atoms with Crippen molar-refractivity contribution in [2.75, 3.05) is 0 Å². The standard InChI is InChI=1S/C5H7F3Se/c6-5(7,8)9-3-4-1-2-4/h4H,1-3H2. The molecule has 0 saturated heterocycles. The van der Waals surface area contributed by atoms with Gasteiger partial charge in [0.05, 0.1) is 0 Å². The molecule has 0 atom stereocenters. The van der Waals surface area contributed by atoms with Crippen LogP contribution in [0.4, 0.5) is 13.2 Å². The van der Waals surface area contributed by atoms with Crippen molar-refractivity contribution in [2.45, 2.75) is 23.2 Å². The van der Waals surface area contributed by atoms with Gasteiger partial charge in [-0.05, 0) is 0 Å². The second kappa shape index (κ2) is 2.51. The molecule has 1 aliphatic rings. The van der Waals surface area contributed by atoms with Crippen LogP contribution >= 0.6 is 0 Å². The van der Waals surface area contributed by atoms with Crippen molar-refractivity contribution >= 4 is 15.0 Å². The van der Waals surface area contributed by atoms with E-state index >= 15 is 0 Å². The van der Waals surface area contributed by atoms with E-state index in [1.807, 2.05) is 0 Å². The summed E-state index contributed by atoms with van der Waals surface area (Å²) < 4.78 is 34.4. The molecule has 0 aliphatic heterocycles. The fraction of sp³-hybridized carbons (Fsp3) is 1.00. The zero-order chi connectivity index (χ0) is 6.91. The predicted molar refractivity (Wildman–Crippen MR) is 29.3 cm³/mol. The van der Waals surface area contributed by atoms with Crippen molar-refractivity contribution in [3.05, 3.63) is 0 Å². The summed E-state index contributed by atoms with van der Waals surface area (Å²) in [5.41, 5.74) is 0. The van der Waals surface area contributed by atoms with Crippen LogP contribution in [0.25, 0.3) is 0 Å². The zero-order valence-electron chi connectivity index (χ0n) is 4.74. The van der Waals surface area contributed by atoms with Crippen molar-refractivity contribution in [3.63, 3.8) is 0 Å². The van der Waals surface area contributed by atoms with E-state index in [0.717, 1.165) is 12.8 Å². The van der Waals surface area contributed by atoms with Crippen LogP contribution in [0.5, 0.6) is 0 Å². The van der Waals surface area contributed by atoms with E-state index in [9.17, 15) is 13.2 Å². The van der Waals surface area contributed by atoms with Crippen LogP contribution in [0, 0.1) is 5.92 Å². The molecule has 1 fully saturated rings. The number of hydrogen-bond acceptors (Lipinski definition) is 0. The topological polar surface area (TPSA) is 0 Å². The quantitative estimate of drug-likeness (QED) is 0.602. The van der Waals surface area contributed by atoms with Crippen molar-refractivity contribution in [1.82, 2.24) is 0 Å². The van der Waals surface area contributed by atoms with Crippen LogP contribution in [0.2, 0.25) is 5.32 Å². The maximum absolute atomic E-state index is 11.5. The Morgan fingerprint density at radius 1 is 1.33 bits per heavy atom. The third kappa shape index (κ3) is 3.82. The molecule has 54 valence electrons. The summed E-state index contributed by atoms with van der Waals surface area (Å²) in [7, 11) is 0. The van der Waals surface area contributed by atoms with Crippen molar-refractivity contribution in [2.24, 2.45) is 5.92 Å². The average Bonchev–Trinajstić information content (AvgIpc) is 2.38. The van der Waals surface area contributed by atoms with E-state index < -0.39 is 20.0 Å². The van der Waals surface area contributed by atoms with Gasteiger partial charge in [0.15, 0.2) is 0 Å². The van der Waals surface area contributed by atoms with Crippen LogP contribution in [-0.4, -0.2) is 20.0 Å².